The number of hydrogen-bond acceptors (Lipinski definition) is 4. The van der Waals surface area contributed by atoms with Gasteiger partial charge in [0.1, 0.15) is 18.4 Å². The van der Waals surface area contributed by atoms with Crippen LogP contribution in [0.15, 0.2) is 77.7 Å². The molecule has 0 radical (unpaired) electrons. The van der Waals surface area contributed by atoms with E-state index >= 15 is 0 Å². The Kier molecular flexibility index (Phi) is 9.81. The number of nitrogens with one attached hydrogen (secondary N) is 1. The summed E-state index contributed by atoms with van der Waals surface area (Å²) in [5, 5.41) is 3.10. The normalized spacial score (nSPS) is 14.7. The molecule has 0 spiro atoms. The van der Waals surface area contributed by atoms with Crippen molar-refractivity contribution in [1.82, 2.24) is 10.2 Å². The van der Waals surface area contributed by atoms with Crippen LogP contribution in [-0.2, 0) is 26.2 Å². The van der Waals surface area contributed by atoms with Crippen molar-refractivity contribution >= 4 is 27.5 Å². The molecule has 0 heterocycles. The van der Waals surface area contributed by atoms with E-state index in [1.165, 1.54) is 17.0 Å². The third kappa shape index (κ3) is 7.73. The van der Waals surface area contributed by atoms with Gasteiger partial charge in [0.05, 0.1) is 10.6 Å². The number of benzene rings is 3. The third-order valence-electron chi connectivity index (χ3n) is 7.56. The minimum Gasteiger partial charge on any atom is -0.352 e. The van der Waals surface area contributed by atoms with Gasteiger partial charge in [0.25, 0.3) is 10.0 Å². The van der Waals surface area contributed by atoms with Gasteiger partial charge in [-0.15, -0.1) is 0 Å². The molecule has 218 valence electrons. The number of amides is 2. The molecule has 0 unspecified atom stereocenters. The van der Waals surface area contributed by atoms with Crippen molar-refractivity contribution in [2.24, 2.45) is 0 Å². The number of sulfonamides is 1. The zero-order valence-electron chi connectivity index (χ0n) is 23.8. The van der Waals surface area contributed by atoms with E-state index in [-0.39, 0.29) is 23.4 Å². The Hall–Kier alpha value is -3.72. The summed E-state index contributed by atoms with van der Waals surface area (Å²) in [4.78, 5) is 28.7. The van der Waals surface area contributed by atoms with Crippen LogP contribution in [0.3, 0.4) is 0 Å². The van der Waals surface area contributed by atoms with Crippen molar-refractivity contribution in [1.29, 1.82) is 0 Å². The fourth-order valence-corrected chi connectivity index (χ4v) is 6.55. The van der Waals surface area contributed by atoms with E-state index in [9.17, 15) is 22.4 Å². The highest BCUT2D eigenvalue weighted by atomic mass is 32.2. The number of hydrogen-bond donors (Lipinski definition) is 1. The second kappa shape index (κ2) is 13.3. The monoisotopic (exact) mass is 579 g/mol. The molecule has 0 bridgehead atoms. The van der Waals surface area contributed by atoms with Gasteiger partial charge < -0.3 is 10.2 Å². The van der Waals surface area contributed by atoms with Crippen molar-refractivity contribution < 1.29 is 22.4 Å². The lowest BCUT2D eigenvalue weighted by atomic mass is 9.95. The quantitative estimate of drug-likeness (QED) is 0.344. The molecule has 4 rings (SSSR count). The predicted molar refractivity (Wildman–Crippen MR) is 158 cm³/mol. The van der Waals surface area contributed by atoms with Crippen molar-refractivity contribution in [3.05, 3.63) is 95.3 Å². The van der Waals surface area contributed by atoms with Crippen molar-refractivity contribution in [2.75, 3.05) is 10.8 Å². The predicted octanol–water partition coefficient (Wildman–Crippen LogP) is 5.50. The molecule has 1 atom stereocenters. The van der Waals surface area contributed by atoms with Crippen LogP contribution in [0.2, 0.25) is 0 Å². The minimum atomic E-state index is -4.24. The van der Waals surface area contributed by atoms with Crippen LogP contribution < -0.4 is 9.62 Å². The van der Waals surface area contributed by atoms with E-state index in [1.54, 1.807) is 31.2 Å². The summed E-state index contributed by atoms with van der Waals surface area (Å²) in [7, 11) is -4.24. The van der Waals surface area contributed by atoms with Gasteiger partial charge >= 0.3 is 0 Å². The molecule has 0 aliphatic heterocycles. The SMILES string of the molecule is Cc1ccc(N(CC(=O)N(Cc2cccc(C)c2)[C@H](C)C(=O)NC2CCCCC2)S(=O)(=O)c2ccc(F)cc2)cc1. The Morgan fingerprint density at radius 1 is 0.927 bits per heavy atom. The number of aryl methyl sites for hydroxylation is 2. The van der Waals surface area contributed by atoms with Crippen LogP contribution in [0.25, 0.3) is 0 Å². The second-order valence-corrected chi connectivity index (χ2v) is 12.7. The number of rotatable bonds is 10. The smallest absolute Gasteiger partial charge is 0.264 e. The Labute approximate surface area is 242 Å². The lowest BCUT2D eigenvalue weighted by molar-refractivity contribution is -0.139. The molecule has 1 fully saturated rings. The van der Waals surface area contributed by atoms with Crippen molar-refractivity contribution in [3.8, 4) is 0 Å². The molecule has 0 saturated heterocycles. The number of nitrogens with zero attached hydrogens (tertiary/aromatic N) is 2. The Bertz CT molecular complexity index is 1450. The first-order valence-corrected chi connectivity index (χ1v) is 15.5. The molecular weight excluding hydrogens is 541 g/mol. The van der Waals surface area contributed by atoms with Gasteiger partial charge in [0.15, 0.2) is 0 Å². The summed E-state index contributed by atoms with van der Waals surface area (Å²) in [6.45, 7) is 5.11. The summed E-state index contributed by atoms with van der Waals surface area (Å²) in [5.41, 5.74) is 3.06. The average Bonchev–Trinajstić information content (AvgIpc) is 2.95. The molecular formula is C32H38FN3O4S. The summed E-state index contributed by atoms with van der Waals surface area (Å²) in [6.07, 6.45) is 5.07. The average molecular weight is 580 g/mol. The Balaban J connectivity index is 1.67. The van der Waals surface area contributed by atoms with E-state index in [0.717, 1.165) is 65.2 Å². The lowest BCUT2D eigenvalue weighted by Gasteiger charge is -2.33. The molecule has 3 aromatic carbocycles. The van der Waals surface area contributed by atoms with Crippen LogP contribution in [0.5, 0.6) is 0 Å². The van der Waals surface area contributed by atoms with Crippen LogP contribution >= 0.6 is 0 Å². The number of halogens is 1. The van der Waals surface area contributed by atoms with Crippen molar-refractivity contribution in [2.45, 2.75) is 76.4 Å². The molecule has 7 nitrogen and oxygen atoms in total. The highest BCUT2D eigenvalue weighted by Gasteiger charge is 2.33. The molecule has 2 amide bonds. The molecule has 1 saturated carbocycles. The Morgan fingerprint density at radius 2 is 1.59 bits per heavy atom. The van der Waals surface area contributed by atoms with Gasteiger partial charge in [0, 0.05) is 12.6 Å². The highest BCUT2D eigenvalue weighted by molar-refractivity contribution is 7.92. The fourth-order valence-electron chi connectivity index (χ4n) is 5.13. The van der Waals surface area contributed by atoms with E-state index in [4.69, 9.17) is 0 Å². The molecule has 3 aromatic rings. The maximum absolute atomic E-state index is 14.0. The van der Waals surface area contributed by atoms with Crippen LogP contribution in [0, 0.1) is 19.7 Å². The summed E-state index contributed by atoms with van der Waals surface area (Å²) in [5.74, 6) is -1.35. The highest BCUT2D eigenvalue weighted by Crippen LogP contribution is 2.25. The number of anilines is 1. The second-order valence-electron chi connectivity index (χ2n) is 10.8. The van der Waals surface area contributed by atoms with Gasteiger partial charge in [-0.1, -0.05) is 66.8 Å². The molecule has 0 aromatic heterocycles. The first-order chi connectivity index (χ1) is 19.5. The van der Waals surface area contributed by atoms with E-state index in [2.05, 4.69) is 5.32 Å². The zero-order valence-corrected chi connectivity index (χ0v) is 24.7. The maximum Gasteiger partial charge on any atom is 0.264 e. The van der Waals surface area contributed by atoms with E-state index in [0.29, 0.717) is 5.69 Å². The standard InChI is InChI=1S/C32H38FN3O4S/c1-23-12-16-29(17-13-23)36(41(39,40)30-18-14-27(33)15-19-30)22-31(37)35(21-26-9-7-8-24(2)20-26)25(3)32(38)34-28-10-5-4-6-11-28/h7-9,12-20,25,28H,4-6,10-11,21-22H2,1-3H3,(H,34,38)/t25-/m1/s1. The summed E-state index contributed by atoms with van der Waals surface area (Å²) in [6, 6.07) is 18.2. The first kappa shape index (κ1) is 30.2. The van der Waals surface area contributed by atoms with E-state index < -0.39 is 34.3 Å². The van der Waals surface area contributed by atoms with Gasteiger partial charge in [0.2, 0.25) is 11.8 Å². The molecule has 1 aliphatic rings. The number of carbonyl (C=O) groups excluding carboxylic acids is 2. The minimum absolute atomic E-state index is 0.0672. The topological polar surface area (TPSA) is 86.8 Å². The number of carbonyl (C=O) groups is 2. The van der Waals surface area contributed by atoms with Gasteiger partial charge in [-0.05, 0) is 75.6 Å². The van der Waals surface area contributed by atoms with Gasteiger partial charge in [-0.2, -0.15) is 0 Å². The van der Waals surface area contributed by atoms with Crippen LogP contribution in [-0.4, -0.2) is 43.8 Å². The zero-order chi connectivity index (χ0) is 29.6. The van der Waals surface area contributed by atoms with Crippen LogP contribution in [0.1, 0.15) is 55.7 Å². The van der Waals surface area contributed by atoms with E-state index in [1.807, 2.05) is 38.1 Å². The molecule has 9 heteroatoms. The van der Waals surface area contributed by atoms with Crippen molar-refractivity contribution in [3.63, 3.8) is 0 Å². The van der Waals surface area contributed by atoms with Crippen LogP contribution in [0.4, 0.5) is 10.1 Å². The molecule has 1 N–H and O–H groups in total. The van der Waals surface area contributed by atoms with Gasteiger partial charge in [-0.25, -0.2) is 12.8 Å². The lowest BCUT2D eigenvalue weighted by Crippen LogP contribution is -2.53. The summed E-state index contributed by atoms with van der Waals surface area (Å²) >= 11 is 0. The Morgan fingerprint density at radius 3 is 2.22 bits per heavy atom. The van der Waals surface area contributed by atoms with Gasteiger partial charge in [-0.3, -0.25) is 13.9 Å². The first-order valence-electron chi connectivity index (χ1n) is 14.0. The third-order valence-corrected chi connectivity index (χ3v) is 9.34. The maximum atomic E-state index is 14.0. The summed E-state index contributed by atoms with van der Waals surface area (Å²) < 4.78 is 42.3. The molecule has 1 aliphatic carbocycles. The fraction of sp³-hybridized carbons (Fsp3) is 0.375. The largest absolute Gasteiger partial charge is 0.352 e. The molecule has 41 heavy (non-hydrogen) atoms.